The van der Waals surface area contributed by atoms with Gasteiger partial charge in [0.2, 0.25) is 10.0 Å². The van der Waals surface area contributed by atoms with Crippen LogP contribution in [0.15, 0.2) is 47.4 Å². The van der Waals surface area contributed by atoms with E-state index in [2.05, 4.69) is 4.72 Å². The molecular formula is C18H19Cl2NO5S. The van der Waals surface area contributed by atoms with Crippen molar-refractivity contribution in [3.8, 4) is 0 Å². The molecule has 0 spiro atoms. The maximum absolute atomic E-state index is 12.5. The van der Waals surface area contributed by atoms with Crippen LogP contribution in [0.4, 0.5) is 0 Å². The molecule has 0 fully saturated rings. The van der Waals surface area contributed by atoms with Crippen molar-refractivity contribution in [1.29, 1.82) is 0 Å². The summed E-state index contributed by atoms with van der Waals surface area (Å²) in [4.78, 5) is 12.1. The standard InChI is InChI=1S/C18H19Cl2NO5S/c1-11-3-5-13(6-4-11)10-26-18(23)17(12(2)22)21-27(24,25)14-7-8-15(19)16(20)9-14/h3-9,12,17,21-22H,10H2,1-2H3/t12-,17+/m0/s1. The molecule has 27 heavy (non-hydrogen) atoms. The lowest BCUT2D eigenvalue weighted by Crippen LogP contribution is -2.48. The molecule has 2 aromatic carbocycles. The summed E-state index contributed by atoms with van der Waals surface area (Å²) in [5, 5.41) is 10.1. The maximum Gasteiger partial charge on any atom is 0.327 e. The predicted molar refractivity (Wildman–Crippen MR) is 103 cm³/mol. The van der Waals surface area contributed by atoms with Crippen LogP contribution in [0.1, 0.15) is 18.1 Å². The number of hydrogen-bond donors (Lipinski definition) is 2. The molecular weight excluding hydrogens is 413 g/mol. The van der Waals surface area contributed by atoms with Gasteiger partial charge in [-0.15, -0.1) is 0 Å². The molecule has 0 saturated carbocycles. The van der Waals surface area contributed by atoms with E-state index >= 15 is 0 Å². The van der Waals surface area contributed by atoms with Crippen molar-refractivity contribution in [2.75, 3.05) is 0 Å². The lowest BCUT2D eigenvalue weighted by Gasteiger charge is -2.20. The summed E-state index contributed by atoms with van der Waals surface area (Å²) < 4.78 is 32.3. The number of nitrogens with one attached hydrogen (secondary N) is 1. The maximum atomic E-state index is 12.5. The Bertz CT molecular complexity index is 914. The Balaban J connectivity index is 2.12. The number of benzene rings is 2. The summed E-state index contributed by atoms with van der Waals surface area (Å²) >= 11 is 11.6. The van der Waals surface area contributed by atoms with Gasteiger partial charge in [0, 0.05) is 0 Å². The van der Waals surface area contributed by atoms with Crippen molar-refractivity contribution in [3.63, 3.8) is 0 Å². The molecule has 0 bridgehead atoms. The lowest BCUT2D eigenvalue weighted by molar-refractivity contribution is -0.149. The number of hydrogen-bond acceptors (Lipinski definition) is 5. The SMILES string of the molecule is Cc1ccc(COC(=O)[C@H](NS(=O)(=O)c2ccc(Cl)c(Cl)c2)[C@H](C)O)cc1. The van der Waals surface area contributed by atoms with Gasteiger partial charge in [0.1, 0.15) is 12.6 Å². The van der Waals surface area contributed by atoms with Crippen molar-refractivity contribution in [1.82, 2.24) is 4.72 Å². The van der Waals surface area contributed by atoms with Gasteiger partial charge in [0.25, 0.3) is 0 Å². The lowest BCUT2D eigenvalue weighted by atomic mass is 10.1. The average molecular weight is 432 g/mol. The highest BCUT2D eigenvalue weighted by atomic mass is 35.5. The first-order chi connectivity index (χ1) is 12.6. The first-order valence-electron chi connectivity index (χ1n) is 7.98. The molecule has 0 amide bonds. The zero-order chi connectivity index (χ0) is 20.2. The Morgan fingerprint density at radius 1 is 1.15 bits per heavy atom. The van der Waals surface area contributed by atoms with Gasteiger partial charge in [0.05, 0.1) is 21.0 Å². The van der Waals surface area contributed by atoms with E-state index in [-0.39, 0.29) is 21.5 Å². The number of aliphatic hydroxyl groups is 1. The highest BCUT2D eigenvalue weighted by molar-refractivity contribution is 7.89. The van der Waals surface area contributed by atoms with E-state index in [0.29, 0.717) is 0 Å². The van der Waals surface area contributed by atoms with E-state index in [0.717, 1.165) is 17.2 Å². The topological polar surface area (TPSA) is 92.7 Å². The minimum Gasteiger partial charge on any atom is -0.460 e. The number of ether oxygens (including phenoxy) is 1. The second-order valence-electron chi connectivity index (χ2n) is 6.01. The Labute approximate surface area is 168 Å². The molecule has 146 valence electrons. The summed E-state index contributed by atoms with van der Waals surface area (Å²) in [6.45, 7) is 3.17. The van der Waals surface area contributed by atoms with Crippen LogP contribution in [0.2, 0.25) is 10.0 Å². The van der Waals surface area contributed by atoms with E-state index in [1.165, 1.54) is 19.1 Å². The molecule has 2 atom stereocenters. The monoisotopic (exact) mass is 431 g/mol. The van der Waals surface area contributed by atoms with Gasteiger partial charge in [-0.2, -0.15) is 4.72 Å². The fraction of sp³-hybridized carbons (Fsp3) is 0.278. The highest BCUT2D eigenvalue weighted by Crippen LogP contribution is 2.25. The molecule has 0 unspecified atom stereocenters. The van der Waals surface area contributed by atoms with Gasteiger partial charge in [0.15, 0.2) is 0 Å². The van der Waals surface area contributed by atoms with Crippen molar-refractivity contribution in [2.24, 2.45) is 0 Å². The summed E-state index contributed by atoms with van der Waals surface area (Å²) in [6.07, 6.45) is -1.31. The molecule has 2 N–H and O–H groups in total. The fourth-order valence-corrected chi connectivity index (χ4v) is 3.80. The molecule has 2 aromatic rings. The molecule has 0 aliphatic rings. The van der Waals surface area contributed by atoms with Gasteiger partial charge >= 0.3 is 5.97 Å². The van der Waals surface area contributed by atoms with E-state index < -0.39 is 28.1 Å². The van der Waals surface area contributed by atoms with Gasteiger partial charge in [-0.1, -0.05) is 53.0 Å². The average Bonchev–Trinajstić information content (AvgIpc) is 2.61. The summed E-state index contributed by atoms with van der Waals surface area (Å²) in [5.74, 6) is -0.894. The Morgan fingerprint density at radius 3 is 2.33 bits per heavy atom. The second kappa shape index (κ2) is 9.03. The third-order valence-corrected chi connectivity index (χ3v) is 5.90. The molecule has 0 aliphatic heterocycles. The van der Waals surface area contributed by atoms with Crippen molar-refractivity contribution < 1.29 is 23.1 Å². The van der Waals surface area contributed by atoms with Gasteiger partial charge in [-0.3, -0.25) is 4.79 Å². The summed E-state index contributed by atoms with van der Waals surface area (Å²) in [5.41, 5.74) is 1.80. The van der Waals surface area contributed by atoms with Crippen LogP contribution in [0, 0.1) is 6.92 Å². The van der Waals surface area contributed by atoms with Crippen LogP contribution in [0.25, 0.3) is 0 Å². The van der Waals surface area contributed by atoms with Gasteiger partial charge in [-0.05, 0) is 37.6 Å². The number of aliphatic hydroxyl groups excluding tert-OH is 1. The first kappa shape index (κ1) is 21.7. The summed E-state index contributed by atoms with van der Waals surface area (Å²) in [6, 6.07) is 9.56. The molecule has 0 radical (unpaired) electrons. The van der Waals surface area contributed by atoms with E-state index in [4.69, 9.17) is 27.9 Å². The number of halogens is 2. The van der Waals surface area contributed by atoms with Crippen LogP contribution in [-0.2, 0) is 26.2 Å². The predicted octanol–water partition coefficient (Wildman–Crippen LogP) is 3.07. The zero-order valence-electron chi connectivity index (χ0n) is 14.6. The van der Waals surface area contributed by atoms with E-state index in [1.54, 1.807) is 12.1 Å². The van der Waals surface area contributed by atoms with Crippen LogP contribution >= 0.6 is 23.2 Å². The third-order valence-electron chi connectivity index (χ3n) is 3.72. The largest absolute Gasteiger partial charge is 0.460 e. The number of rotatable bonds is 7. The van der Waals surface area contributed by atoms with Gasteiger partial charge in [-0.25, -0.2) is 8.42 Å². The number of sulfonamides is 1. The molecule has 2 rings (SSSR count). The van der Waals surface area contributed by atoms with Crippen molar-refractivity contribution in [3.05, 3.63) is 63.6 Å². The first-order valence-corrected chi connectivity index (χ1v) is 10.2. The van der Waals surface area contributed by atoms with Crippen LogP contribution in [-0.4, -0.2) is 31.6 Å². The van der Waals surface area contributed by atoms with Crippen molar-refractivity contribution >= 4 is 39.2 Å². The highest BCUT2D eigenvalue weighted by Gasteiger charge is 2.31. The second-order valence-corrected chi connectivity index (χ2v) is 8.54. The molecule has 9 heteroatoms. The normalized spacial score (nSPS) is 13.8. The Morgan fingerprint density at radius 2 is 1.78 bits per heavy atom. The van der Waals surface area contributed by atoms with E-state index in [9.17, 15) is 18.3 Å². The fourth-order valence-electron chi connectivity index (χ4n) is 2.15. The van der Waals surface area contributed by atoms with Gasteiger partial charge < -0.3 is 9.84 Å². The number of carbonyl (C=O) groups excluding carboxylic acids is 1. The number of esters is 1. The molecule has 0 saturated heterocycles. The van der Waals surface area contributed by atoms with Crippen molar-refractivity contribution in [2.45, 2.75) is 37.5 Å². The minimum atomic E-state index is -4.13. The van der Waals surface area contributed by atoms with Crippen LogP contribution < -0.4 is 4.72 Å². The Kier molecular flexibility index (Phi) is 7.25. The molecule has 0 aromatic heterocycles. The molecule has 0 heterocycles. The van der Waals surface area contributed by atoms with Crippen LogP contribution in [0.5, 0.6) is 0 Å². The van der Waals surface area contributed by atoms with E-state index in [1.807, 2.05) is 19.1 Å². The minimum absolute atomic E-state index is 0.0448. The third kappa shape index (κ3) is 5.92. The molecule has 0 aliphatic carbocycles. The zero-order valence-corrected chi connectivity index (χ0v) is 17.0. The number of aryl methyl sites for hydroxylation is 1. The number of carbonyl (C=O) groups is 1. The summed E-state index contributed by atoms with van der Waals surface area (Å²) in [7, 11) is -4.13. The van der Waals surface area contributed by atoms with Crippen LogP contribution in [0.3, 0.4) is 0 Å². The smallest absolute Gasteiger partial charge is 0.327 e. The molecule has 6 nitrogen and oxygen atoms in total. The Hall–Kier alpha value is -1.64. The quantitative estimate of drug-likeness (QED) is 0.656.